The molecule has 106 valence electrons. The first-order valence-corrected chi connectivity index (χ1v) is 7.30. The molecule has 1 N–H and O–H groups in total. The number of anilines is 1. The van der Waals surface area contributed by atoms with E-state index < -0.39 is 0 Å². The summed E-state index contributed by atoms with van der Waals surface area (Å²) in [5.74, 6) is 1.42. The lowest BCUT2D eigenvalue weighted by Gasteiger charge is -2.07. The predicted octanol–water partition coefficient (Wildman–Crippen LogP) is 3.44. The first-order chi connectivity index (χ1) is 10.2. The van der Waals surface area contributed by atoms with Crippen molar-refractivity contribution >= 4 is 21.7 Å². The molecular formula is C15H14BrN5. The van der Waals surface area contributed by atoms with E-state index in [1.165, 1.54) is 0 Å². The van der Waals surface area contributed by atoms with Crippen molar-refractivity contribution in [2.75, 3.05) is 12.4 Å². The van der Waals surface area contributed by atoms with Gasteiger partial charge in [-0.25, -0.2) is 14.6 Å². The van der Waals surface area contributed by atoms with E-state index in [0.717, 1.165) is 27.2 Å². The first kappa shape index (κ1) is 13.8. The molecule has 0 aliphatic heterocycles. The van der Waals surface area contributed by atoms with Crippen LogP contribution in [0.1, 0.15) is 5.69 Å². The van der Waals surface area contributed by atoms with E-state index in [0.29, 0.717) is 5.82 Å². The van der Waals surface area contributed by atoms with Crippen molar-refractivity contribution in [3.8, 4) is 17.1 Å². The first-order valence-electron chi connectivity index (χ1n) is 6.51. The molecule has 0 bridgehead atoms. The summed E-state index contributed by atoms with van der Waals surface area (Å²) >= 11 is 3.48. The Kier molecular flexibility index (Phi) is 3.70. The zero-order valence-corrected chi connectivity index (χ0v) is 13.3. The van der Waals surface area contributed by atoms with E-state index in [9.17, 15) is 0 Å². The minimum Gasteiger partial charge on any atom is -0.372 e. The van der Waals surface area contributed by atoms with Crippen molar-refractivity contribution in [1.29, 1.82) is 0 Å². The van der Waals surface area contributed by atoms with Gasteiger partial charge >= 0.3 is 0 Å². The maximum absolute atomic E-state index is 4.51. The third-order valence-electron chi connectivity index (χ3n) is 3.12. The molecule has 5 nitrogen and oxygen atoms in total. The van der Waals surface area contributed by atoms with Crippen LogP contribution in [-0.2, 0) is 0 Å². The molecule has 3 aromatic rings. The molecule has 0 saturated heterocycles. The van der Waals surface area contributed by atoms with Gasteiger partial charge in [0.2, 0.25) is 0 Å². The summed E-state index contributed by atoms with van der Waals surface area (Å²) in [5, 5.41) is 7.43. The third-order valence-corrected chi connectivity index (χ3v) is 4.06. The number of benzene rings is 1. The molecule has 21 heavy (non-hydrogen) atoms. The van der Waals surface area contributed by atoms with Crippen molar-refractivity contribution in [3.05, 3.63) is 52.9 Å². The Morgan fingerprint density at radius 1 is 1.14 bits per heavy atom. The Morgan fingerprint density at radius 2 is 1.90 bits per heavy atom. The number of halogens is 1. The molecule has 0 fully saturated rings. The summed E-state index contributed by atoms with van der Waals surface area (Å²) in [4.78, 5) is 9.01. The maximum atomic E-state index is 4.51. The van der Waals surface area contributed by atoms with Gasteiger partial charge in [0.15, 0.2) is 5.82 Å². The minimum atomic E-state index is 0.655. The highest BCUT2D eigenvalue weighted by molar-refractivity contribution is 9.10. The van der Waals surface area contributed by atoms with Crippen LogP contribution < -0.4 is 5.32 Å². The van der Waals surface area contributed by atoms with Crippen LogP contribution in [-0.4, -0.2) is 26.8 Å². The van der Waals surface area contributed by atoms with Crippen LogP contribution >= 0.6 is 15.9 Å². The van der Waals surface area contributed by atoms with Gasteiger partial charge in [-0.1, -0.05) is 18.2 Å². The number of hydrogen-bond acceptors (Lipinski definition) is 4. The van der Waals surface area contributed by atoms with Crippen molar-refractivity contribution < 1.29 is 0 Å². The second-order valence-electron chi connectivity index (χ2n) is 4.55. The molecule has 3 rings (SSSR count). The van der Waals surface area contributed by atoms with Gasteiger partial charge < -0.3 is 5.32 Å². The number of hydrogen-bond donors (Lipinski definition) is 1. The fourth-order valence-electron chi connectivity index (χ4n) is 2.01. The van der Waals surface area contributed by atoms with Crippen LogP contribution in [0.2, 0.25) is 0 Å². The Morgan fingerprint density at radius 3 is 2.62 bits per heavy atom. The van der Waals surface area contributed by atoms with Gasteiger partial charge in [-0.05, 0) is 35.0 Å². The van der Waals surface area contributed by atoms with Crippen LogP contribution in [0.3, 0.4) is 0 Å². The molecule has 0 atom stereocenters. The smallest absolute Gasteiger partial charge is 0.165 e. The van der Waals surface area contributed by atoms with Crippen LogP contribution in [0.4, 0.5) is 5.82 Å². The Bertz CT molecular complexity index is 767. The topological polar surface area (TPSA) is 55.6 Å². The van der Waals surface area contributed by atoms with Crippen LogP contribution in [0.5, 0.6) is 0 Å². The molecule has 0 radical (unpaired) electrons. The molecule has 0 aliphatic rings. The maximum Gasteiger partial charge on any atom is 0.165 e. The number of nitrogens with one attached hydrogen (secondary N) is 1. The van der Waals surface area contributed by atoms with E-state index in [1.807, 2.05) is 55.2 Å². The van der Waals surface area contributed by atoms with Gasteiger partial charge in [0.1, 0.15) is 5.82 Å². The van der Waals surface area contributed by atoms with Gasteiger partial charge in [0, 0.05) is 13.2 Å². The van der Waals surface area contributed by atoms with Crippen LogP contribution in [0, 0.1) is 6.92 Å². The lowest BCUT2D eigenvalue weighted by Crippen LogP contribution is -2.00. The Balaban J connectivity index is 2.03. The average Bonchev–Trinajstić information content (AvgIpc) is 3.00. The van der Waals surface area contributed by atoms with Gasteiger partial charge in [-0.3, -0.25) is 0 Å². The number of aromatic nitrogens is 4. The van der Waals surface area contributed by atoms with Crippen molar-refractivity contribution in [3.63, 3.8) is 0 Å². The number of aryl methyl sites for hydroxylation is 1. The molecule has 2 aromatic heterocycles. The van der Waals surface area contributed by atoms with Gasteiger partial charge in [-0.15, -0.1) is 0 Å². The Hall–Kier alpha value is -2.21. The van der Waals surface area contributed by atoms with E-state index in [4.69, 9.17) is 0 Å². The largest absolute Gasteiger partial charge is 0.372 e. The monoisotopic (exact) mass is 343 g/mol. The van der Waals surface area contributed by atoms with Gasteiger partial charge in [0.25, 0.3) is 0 Å². The molecule has 0 spiro atoms. The van der Waals surface area contributed by atoms with Crippen LogP contribution in [0.15, 0.2) is 47.2 Å². The number of nitrogens with zero attached hydrogens (tertiary/aromatic N) is 4. The lowest BCUT2D eigenvalue weighted by atomic mass is 10.3. The molecule has 2 heterocycles. The lowest BCUT2D eigenvalue weighted by molar-refractivity contribution is 0.880. The highest BCUT2D eigenvalue weighted by Crippen LogP contribution is 2.26. The predicted molar refractivity (Wildman–Crippen MR) is 86.6 cm³/mol. The molecule has 1 aromatic carbocycles. The fraction of sp³-hybridized carbons (Fsp3) is 0.133. The standard InChI is InChI=1S/C15H14BrN5/c1-10-13(16)15(17-2)20-14(19-10)11-8-18-21(9-11)12-6-4-3-5-7-12/h3-9H,1-2H3,(H,17,19,20). The van der Waals surface area contributed by atoms with E-state index in [-0.39, 0.29) is 0 Å². The van der Waals surface area contributed by atoms with Gasteiger partial charge in [-0.2, -0.15) is 5.10 Å². The molecule has 0 amide bonds. The molecule has 6 heteroatoms. The van der Waals surface area contributed by atoms with Crippen LogP contribution in [0.25, 0.3) is 17.1 Å². The fourth-order valence-corrected chi connectivity index (χ4v) is 2.39. The zero-order chi connectivity index (χ0) is 14.8. The summed E-state index contributed by atoms with van der Waals surface area (Å²) < 4.78 is 2.69. The summed E-state index contributed by atoms with van der Waals surface area (Å²) in [6, 6.07) is 9.95. The van der Waals surface area contributed by atoms with Gasteiger partial charge in [0.05, 0.1) is 27.6 Å². The average molecular weight is 344 g/mol. The minimum absolute atomic E-state index is 0.655. The van der Waals surface area contributed by atoms with Crippen molar-refractivity contribution in [1.82, 2.24) is 19.7 Å². The molecule has 0 unspecified atom stereocenters. The third kappa shape index (κ3) is 2.67. The SMILES string of the molecule is CNc1nc(-c2cnn(-c3ccccc3)c2)nc(C)c1Br. The normalized spacial score (nSPS) is 10.6. The van der Waals surface area contributed by atoms with E-state index in [2.05, 4.69) is 36.3 Å². The molecule has 0 saturated carbocycles. The summed E-state index contributed by atoms with van der Waals surface area (Å²) in [6.07, 6.45) is 3.70. The van der Waals surface area contributed by atoms with E-state index in [1.54, 1.807) is 6.20 Å². The second-order valence-corrected chi connectivity index (χ2v) is 5.35. The van der Waals surface area contributed by atoms with Crippen molar-refractivity contribution in [2.45, 2.75) is 6.92 Å². The highest BCUT2D eigenvalue weighted by Gasteiger charge is 2.11. The highest BCUT2D eigenvalue weighted by atomic mass is 79.9. The van der Waals surface area contributed by atoms with E-state index >= 15 is 0 Å². The number of rotatable bonds is 3. The quantitative estimate of drug-likeness (QED) is 0.791. The summed E-state index contributed by atoms with van der Waals surface area (Å²) in [5.41, 5.74) is 2.77. The molecule has 0 aliphatic carbocycles. The number of para-hydroxylation sites is 1. The zero-order valence-electron chi connectivity index (χ0n) is 11.7. The molecular weight excluding hydrogens is 330 g/mol. The summed E-state index contributed by atoms with van der Waals surface area (Å²) in [6.45, 7) is 1.94. The van der Waals surface area contributed by atoms with Crippen molar-refractivity contribution in [2.24, 2.45) is 0 Å². The summed E-state index contributed by atoms with van der Waals surface area (Å²) in [7, 11) is 1.84. The Labute approximate surface area is 131 Å². The second kappa shape index (κ2) is 5.65.